The third kappa shape index (κ3) is 3.67. The fourth-order valence-electron chi connectivity index (χ4n) is 2.74. The van der Waals surface area contributed by atoms with Gasteiger partial charge in [-0.15, -0.1) is 0 Å². The van der Waals surface area contributed by atoms with Gasteiger partial charge in [-0.25, -0.2) is 0 Å². The Bertz CT molecular complexity index is 472. The summed E-state index contributed by atoms with van der Waals surface area (Å²) in [5, 5.41) is 0. The molecule has 1 saturated heterocycles. The van der Waals surface area contributed by atoms with Gasteiger partial charge in [-0.3, -0.25) is 4.79 Å². The van der Waals surface area contributed by atoms with Crippen LogP contribution in [0.2, 0.25) is 0 Å². The molecular formula is C16H24N2O3. The van der Waals surface area contributed by atoms with Gasteiger partial charge in [-0.2, -0.15) is 0 Å². The van der Waals surface area contributed by atoms with Gasteiger partial charge < -0.3 is 20.1 Å². The molecule has 1 aliphatic rings. The molecule has 1 unspecified atom stereocenters. The van der Waals surface area contributed by atoms with Crippen molar-refractivity contribution in [3.63, 3.8) is 0 Å². The Morgan fingerprint density at radius 2 is 1.71 bits per heavy atom. The molecule has 2 rings (SSSR count). The van der Waals surface area contributed by atoms with E-state index in [1.165, 1.54) is 0 Å². The van der Waals surface area contributed by atoms with Crippen LogP contribution in [0.15, 0.2) is 18.2 Å². The van der Waals surface area contributed by atoms with Crippen LogP contribution in [0.3, 0.4) is 0 Å². The van der Waals surface area contributed by atoms with Gasteiger partial charge in [-0.1, -0.05) is 0 Å². The van der Waals surface area contributed by atoms with Crippen molar-refractivity contribution in [3.05, 3.63) is 23.8 Å². The Kier molecular flexibility index (Phi) is 5.07. The van der Waals surface area contributed by atoms with E-state index in [2.05, 4.69) is 0 Å². The van der Waals surface area contributed by atoms with Crippen LogP contribution in [-0.2, 0) is 0 Å². The van der Waals surface area contributed by atoms with Crippen LogP contribution in [0.4, 0.5) is 0 Å². The number of hydrogen-bond donors (Lipinski definition) is 1. The van der Waals surface area contributed by atoms with E-state index in [4.69, 9.17) is 15.2 Å². The number of nitrogens with two attached hydrogens (primary N) is 1. The second-order valence-electron chi connectivity index (χ2n) is 5.59. The lowest BCUT2D eigenvalue weighted by molar-refractivity contribution is 0.0680. The third-order valence-corrected chi connectivity index (χ3v) is 4.17. The summed E-state index contributed by atoms with van der Waals surface area (Å²) in [5.41, 5.74) is 6.54. The Hall–Kier alpha value is -1.75. The Labute approximate surface area is 126 Å². The summed E-state index contributed by atoms with van der Waals surface area (Å²) >= 11 is 0. The number of carbonyl (C=O) groups excluding carboxylic acids is 1. The lowest BCUT2D eigenvalue weighted by Crippen LogP contribution is -2.42. The monoisotopic (exact) mass is 292 g/mol. The van der Waals surface area contributed by atoms with Crippen molar-refractivity contribution in [1.29, 1.82) is 0 Å². The highest BCUT2D eigenvalue weighted by atomic mass is 16.5. The highest BCUT2D eigenvalue weighted by Gasteiger charge is 2.25. The third-order valence-electron chi connectivity index (χ3n) is 4.17. The molecule has 116 valence electrons. The van der Waals surface area contributed by atoms with Gasteiger partial charge in [0, 0.05) is 30.8 Å². The summed E-state index contributed by atoms with van der Waals surface area (Å²) in [4.78, 5) is 14.5. The van der Waals surface area contributed by atoms with Crippen LogP contribution in [-0.4, -0.2) is 44.2 Å². The Morgan fingerprint density at radius 3 is 2.14 bits per heavy atom. The molecule has 0 saturated carbocycles. The first-order chi connectivity index (χ1) is 10.0. The predicted octanol–water partition coefficient (Wildman–Crippen LogP) is 1.90. The van der Waals surface area contributed by atoms with Gasteiger partial charge in [0.1, 0.15) is 11.5 Å². The van der Waals surface area contributed by atoms with Crippen molar-refractivity contribution in [3.8, 4) is 11.5 Å². The molecule has 5 nitrogen and oxygen atoms in total. The molecule has 0 bridgehead atoms. The number of nitrogens with zero attached hydrogens (tertiary/aromatic N) is 1. The minimum Gasteiger partial charge on any atom is -0.497 e. The number of rotatable bonds is 4. The van der Waals surface area contributed by atoms with Crippen molar-refractivity contribution >= 4 is 5.91 Å². The van der Waals surface area contributed by atoms with E-state index < -0.39 is 0 Å². The largest absolute Gasteiger partial charge is 0.497 e. The topological polar surface area (TPSA) is 64.8 Å². The lowest BCUT2D eigenvalue weighted by Gasteiger charge is -2.33. The second kappa shape index (κ2) is 6.80. The molecule has 2 N–H and O–H groups in total. The minimum atomic E-state index is 0.0234. The van der Waals surface area contributed by atoms with E-state index in [0.717, 1.165) is 25.9 Å². The number of likely N-dealkylation sites (tertiary alicyclic amines) is 1. The number of amides is 1. The molecule has 1 fully saturated rings. The van der Waals surface area contributed by atoms with E-state index >= 15 is 0 Å². The van der Waals surface area contributed by atoms with Crippen LogP contribution < -0.4 is 15.2 Å². The maximum Gasteiger partial charge on any atom is 0.254 e. The van der Waals surface area contributed by atoms with E-state index in [0.29, 0.717) is 23.0 Å². The van der Waals surface area contributed by atoms with Gasteiger partial charge in [0.05, 0.1) is 14.2 Å². The second-order valence-corrected chi connectivity index (χ2v) is 5.59. The van der Waals surface area contributed by atoms with Crippen LogP contribution >= 0.6 is 0 Å². The molecular weight excluding hydrogens is 268 g/mol. The number of carbonyl (C=O) groups is 1. The smallest absolute Gasteiger partial charge is 0.254 e. The zero-order valence-electron chi connectivity index (χ0n) is 13.0. The van der Waals surface area contributed by atoms with Gasteiger partial charge in [0.15, 0.2) is 0 Å². The lowest BCUT2D eigenvalue weighted by atomic mass is 9.90. The molecule has 0 spiro atoms. The first-order valence-corrected chi connectivity index (χ1v) is 7.33. The quantitative estimate of drug-likeness (QED) is 0.920. The fourth-order valence-corrected chi connectivity index (χ4v) is 2.74. The molecule has 21 heavy (non-hydrogen) atoms. The number of benzene rings is 1. The van der Waals surface area contributed by atoms with Crippen molar-refractivity contribution in [1.82, 2.24) is 4.90 Å². The average molecular weight is 292 g/mol. The van der Waals surface area contributed by atoms with E-state index in [9.17, 15) is 4.79 Å². The highest BCUT2D eigenvalue weighted by Crippen LogP contribution is 2.25. The molecule has 1 aliphatic heterocycles. The minimum absolute atomic E-state index is 0.0234. The summed E-state index contributed by atoms with van der Waals surface area (Å²) in [5.74, 6) is 1.79. The molecule has 0 aromatic heterocycles. The first kappa shape index (κ1) is 15.6. The van der Waals surface area contributed by atoms with Gasteiger partial charge in [0.2, 0.25) is 0 Å². The number of methoxy groups -OCH3 is 2. The molecule has 0 radical (unpaired) electrons. The maximum absolute atomic E-state index is 12.6. The van der Waals surface area contributed by atoms with Crippen LogP contribution in [0.25, 0.3) is 0 Å². The number of piperidine rings is 1. The Morgan fingerprint density at radius 1 is 1.19 bits per heavy atom. The van der Waals surface area contributed by atoms with Crippen molar-refractivity contribution in [2.45, 2.75) is 25.8 Å². The van der Waals surface area contributed by atoms with Crippen molar-refractivity contribution in [2.24, 2.45) is 11.7 Å². The van der Waals surface area contributed by atoms with Gasteiger partial charge in [-0.05, 0) is 37.8 Å². The standard InChI is InChI=1S/C16H24N2O3/c1-11(17)12-4-6-18(7-5-12)16(19)13-8-14(20-2)10-15(9-13)21-3/h8-12H,4-7,17H2,1-3H3. The maximum atomic E-state index is 12.6. The van der Waals surface area contributed by atoms with Gasteiger partial charge in [0.25, 0.3) is 5.91 Å². The van der Waals surface area contributed by atoms with E-state index in [-0.39, 0.29) is 11.9 Å². The van der Waals surface area contributed by atoms with Gasteiger partial charge >= 0.3 is 0 Å². The molecule has 0 aliphatic carbocycles. The first-order valence-electron chi connectivity index (χ1n) is 7.33. The van der Waals surface area contributed by atoms with Crippen molar-refractivity contribution in [2.75, 3.05) is 27.3 Å². The SMILES string of the molecule is COc1cc(OC)cc(C(=O)N2CCC(C(C)N)CC2)c1. The highest BCUT2D eigenvalue weighted by molar-refractivity contribution is 5.95. The summed E-state index contributed by atoms with van der Waals surface area (Å²) in [6, 6.07) is 5.46. The fraction of sp³-hybridized carbons (Fsp3) is 0.562. The number of ether oxygens (including phenoxy) is 2. The zero-order valence-corrected chi connectivity index (χ0v) is 13.0. The molecule has 1 aromatic rings. The van der Waals surface area contributed by atoms with Crippen LogP contribution in [0.5, 0.6) is 11.5 Å². The summed E-state index contributed by atoms with van der Waals surface area (Å²) in [6.45, 7) is 3.55. The van der Waals surface area contributed by atoms with Crippen LogP contribution in [0, 0.1) is 5.92 Å². The molecule has 1 atom stereocenters. The summed E-state index contributed by atoms with van der Waals surface area (Å²) < 4.78 is 10.4. The average Bonchev–Trinajstić information content (AvgIpc) is 2.53. The Balaban J connectivity index is 2.10. The molecule has 1 amide bonds. The van der Waals surface area contributed by atoms with E-state index in [1.54, 1.807) is 32.4 Å². The molecule has 1 aromatic carbocycles. The van der Waals surface area contributed by atoms with Crippen LogP contribution in [0.1, 0.15) is 30.1 Å². The normalized spacial score (nSPS) is 17.4. The summed E-state index contributed by atoms with van der Waals surface area (Å²) in [6.07, 6.45) is 1.93. The van der Waals surface area contributed by atoms with E-state index in [1.807, 2.05) is 11.8 Å². The zero-order chi connectivity index (χ0) is 15.4. The molecule has 5 heteroatoms. The molecule has 1 heterocycles. The van der Waals surface area contributed by atoms with Crippen molar-refractivity contribution < 1.29 is 14.3 Å². The summed E-state index contributed by atoms with van der Waals surface area (Å²) in [7, 11) is 3.16. The number of hydrogen-bond acceptors (Lipinski definition) is 4. The predicted molar refractivity (Wildman–Crippen MR) is 81.8 cm³/mol.